The first kappa shape index (κ1) is 16.4. The van der Waals surface area contributed by atoms with Crippen molar-refractivity contribution in [3.8, 4) is 0 Å². The zero-order valence-electron chi connectivity index (χ0n) is 14.6. The molecule has 0 aliphatic carbocycles. The highest BCUT2D eigenvalue weighted by Crippen LogP contribution is 2.35. The van der Waals surface area contributed by atoms with Crippen LogP contribution in [0.25, 0.3) is 0 Å². The zero-order valence-corrected chi connectivity index (χ0v) is 15.4. The van der Waals surface area contributed by atoms with Crippen molar-refractivity contribution >= 4 is 29.2 Å². The summed E-state index contributed by atoms with van der Waals surface area (Å²) in [5.74, 6) is 3.49. The molecule has 0 N–H and O–H groups in total. The molecule has 25 heavy (non-hydrogen) atoms. The normalized spacial score (nSPS) is 22.8. The molecule has 2 aliphatic heterocycles. The van der Waals surface area contributed by atoms with Gasteiger partial charge in [0.15, 0.2) is 0 Å². The predicted octanol–water partition coefficient (Wildman–Crippen LogP) is 2.70. The summed E-state index contributed by atoms with van der Waals surface area (Å²) in [5, 5.41) is 0.679. The highest BCUT2D eigenvalue weighted by Gasteiger charge is 2.39. The molecule has 4 heterocycles. The van der Waals surface area contributed by atoms with Crippen LogP contribution in [0, 0.1) is 5.92 Å². The maximum absolute atomic E-state index is 5.99. The Hall–Kier alpha value is -2.08. The Morgan fingerprint density at radius 2 is 1.96 bits per heavy atom. The molecule has 0 amide bonds. The Balaban J connectivity index is 1.55. The van der Waals surface area contributed by atoms with E-state index in [1.54, 1.807) is 6.20 Å². The first-order chi connectivity index (χ1) is 12.1. The molecule has 7 heteroatoms. The standard InChI is InChI=1S/C18H23ClN6/c1-23(2)17-5-8-20-18(22-17)24-9-6-13-7-10-25(15(13)12-24)16-4-3-14(19)11-21-16/h3-5,8,11,13,15H,6-7,9-10,12H2,1-2H3. The quantitative estimate of drug-likeness (QED) is 0.840. The fraction of sp³-hybridized carbons (Fsp3) is 0.500. The molecule has 0 radical (unpaired) electrons. The van der Waals surface area contributed by atoms with E-state index in [1.807, 2.05) is 43.4 Å². The fourth-order valence-electron chi connectivity index (χ4n) is 3.89. The first-order valence-corrected chi connectivity index (χ1v) is 9.13. The van der Waals surface area contributed by atoms with E-state index in [4.69, 9.17) is 16.6 Å². The van der Waals surface area contributed by atoms with E-state index in [0.29, 0.717) is 17.0 Å². The molecule has 4 rings (SSSR count). The Bertz CT molecular complexity index is 735. The molecule has 0 spiro atoms. The first-order valence-electron chi connectivity index (χ1n) is 8.75. The van der Waals surface area contributed by atoms with E-state index < -0.39 is 0 Å². The van der Waals surface area contributed by atoms with E-state index in [-0.39, 0.29) is 0 Å². The third kappa shape index (κ3) is 3.23. The van der Waals surface area contributed by atoms with Crippen molar-refractivity contribution < 1.29 is 0 Å². The molecule has 2 unspecified atom stereocenters. The minimum absolute atomic E-state index is 0.453. The Morgan fingerprint density at radius 3 is 2.72 bits per heavy atom. The van der Waals surface area contributed by atoms with Crippen LogP contribution in [0.3, 0.4) is 0 Å². The van der Waals surface area contributed by atoms with Crippen LogP contribution in [0.15, 0.2) is 30.6 Å². The third-order valence-electron chi connectivity index (χ3n) is 5.24. The molecule has 2 fully saturated rings. The van der Waals surface area contributed by atoms with Gasteiger partial charge in [0.2, 0.25) is 5.95 Å². The van der Waals surface area contributed by atoms with Gasteiger partial charge < -0.3 is 14.7 Å². The van der Waals surface area contributed by atoms with Gasteiger partial charge in [-0.2, -0.15) is 4.98 Å². The number of anilines is 3. The second-order valence-corrected chi connectivity index (χ2v) is 7.42. The van der Waals surface area contributed by atoms with Gasteiger partial charge in [0, 0.05) is 46.1 Å². The highest BCUT2D eigenvalue weighted by atomic mass is 35.5. The molecule has 2 atom stereocenters. The maximum atomic E-state index is 5.99. The van der Waals surface area contributed by atoms with E-state index in [1.165, 1.54) is 12.8 Å². The number of nitrogens with zero attached hydrogens (tertiary/aromatic N) is 6. The molecule has 2 aliphatic rings. The molecule has 2 aromatic rings. The van der Waals surface area contributed by atoms with E-state index in [9.17, 15) is 0 Å². The van der Waals surface area contributed by atoms with E-state index >= 15 is 0 Å². The number of hydrogen-bond donors (Lipinski definition) is 0. The van der Waals surface area contributed by atoms with Crippen LogP contribution < -0.4 is 14.7 Å². The average molecular weight is 359 g/mol. The second kappa shape index (κ2) is 6.67. The van der Waals surface area contributed by atoms with Crippen LogP contribution in [0.5, 0.6) is 0 Å². The summed E-state index contributed by atoms with van der Waals surface area (Å²) in [5.41, 5.74) is 0. The van der Waals surface area contributed by atoms with Crippen molar-refractivity contribution in [3.63, 3.8) is 0 Å². The number of aromatic nitrogens is 3. The summed E-state index contributed by atoms with van der Waals surface area (Å²) in [4.78, 5) is 20.5. The lowest BCUT2D eigenvalue weighted by molar-refractivity contribution is 0.387. The number of hydrogen-bond acceptors (Lipinski definition) is 6. The summed E-state index contributed by atoms with van der Waals surface area (Å²) in [6.45, 7) is 3.00. The number of rotatable bonds is 3. The molecule has 2 aromatic heterocycles. The molecule has 0 bridgehead atoms. The number of piperidine rings is 1. The molecule has 132 valence electrons. The second-order valence-electron chi connectivity index (χ2n) is 6.99. The van der Waals surface area contributed by atoms with Gasteiger partial charge in [0.05, 0.1) is 11.1 Å². The fourth-order valence-corrected chi connectivity index (χ4v) is 4.00. The Kier molecular flexibility index (Phi) is 4.37. The van der Waals surface area contributed by atoms with E-state index in [2.05, 4.69) is 19.8 Å². The highest BCUT2D eigenvalue weighted by molar-refractivity contribution is 6.30. The summed E-state index contributed by atoms with van der Waals surface area (Å²) in [6.07, 6.45) is 5.97. The van der Waals surface area contributed by atoms with Gasteiger partial charge in [0.1, 0.15) is 11.6 Å². The molecule has 0 saturated carbocycles. The maximum Gasteiger partial charge on any atom is 0.227 e. The largest absolute Gasteiger partial charge is 0.363 e. The number of fused-ring (bicyclic) bond motifs is 1. The van der Waals surface area contributed by atoms with Crippen LogP contribution in [-0.2, 0) is 0 Å². The Labute approximate surface area is 153 Å². The topological polar surface area (TPSA) is 48.4 Å². The van der Waals surface area contributed by atoms with Crippen LogP contribution in [0.1, 0.15) is 12.8 Å². The third-order valence-corrected chi connectivity index (χ3v) is 5.46. The van der Waals surface area contributed by atoms with Crippen LogP contribution >= 0.6 is 11.6 Å². The minimum Gasteiger partial charge on any atom is -0.363 e. The van der Waals surface area contributed by atoms with Gasteiger partial charge in [-0.1, -0.05) is 11.6 Å². The SMILES string of the molecule is CN(C)c1ccnc(N2CCC3CCN(c4ccc(Cl)cn4)C3C2)n1. The molecule has 6 nitrogen and oxygen atoms in total. The number of pyridine rings is 1. The van der Waals surface area contributed by atoms with Crippen LogP contribution in [-0.4, -0.2) is 54.7 Å². The van der Waals surface area contributed by atoms with Crippen molar-refractivity contribution in [1.29, 1.82) is 0 Å². The van der Waals surface area contributed by atoms with Crippen molar-refractivity contribution in [2.24, 2.45) is 5.92 Å². The predicted molar refractivity (Wildman–Crippen MR) is 102 cm³/mol. The molecular weight excluding hydrogens is 336 g/mol. The lowest BCUT2D eigenvalue weighted by Gasteiger charge is -2.39. The molecule has 2 saturated heterocycles. The summed E-state index contributed by atoms with van der Waals surface area (Å²) in [7, 11) is 4.01. The van der Waals surface area contributed by atoms with Gasteiger partial charge in [0.25, 0.3) is 0 Å². The zero-order chi connectivity index (χ0) is 17.4. The van der Waals surface area contributed by atoms with Gasteiger partial charge >= 0.3 is 0 Å². The lowest BCUT2D eigenvalue weighted by Crippen LogP contribution is -2.49. The van der Waals surface area contributed by atoms with Crippen molar-refractivity contribution in [1.82, 2.24) is 15.0 Å². The van der Waals surface area contributed by atoms with Crippen molar-refractivity contribution in [2.75, 3.05) is 48.4 Å². The molecule has 0 aromatic carbocycles. The van der Waals surface area contributed by atoms with Crippen molar-refractivity contribution in [2.45, 2.75) is 18.9 Å². The Morgan fingerprint density at radius 1 is 1.12 bits per heavy atom. The van der Waals surface area contributed by atoms with Gasteiger partial charge in [-0.25, -0.2) is 9.97 Å². The van der Waals surface area contributed by atoms with E-state index in [0.717, 1.165) is 37.2 Å². The lowest BCUT2D eigenvalue weighted by atomic mass is 9.92. The monoisotopic (exact) mass is 358 g/mol. The minimum atomic E-state index is 0.453. The molecular formula is C18H23ClN6. The summed E-state index contributed by atoms with van der Waals surface area (Å²) >= 11 is 5.99. The summed E-state index contributed by atoms with van der Waals surface area (Å²) in [6, 6.07) is 6.33. The van der Waals surface area contributed by atoms with Gasteiger partial charge in [-0.15, -0.1) is 0 Å². The van der Waals surface area contributed by atoms with Crippen LogP contribution in [0.2, 0.25) is 5.02 Å². The number of halogens is 1. The average Bonchev–Trinajstić information content (AvgIpc) is 3.05. The summed E-state index contributed by atoms with van der Waals surface area (Å²) < 4.78 is 0. The van der Waals surface area contributed by atoms with Crippen molar-refractivity contribution in [3.05, 3.63) is 35.6 Å². The van der Waals surface area contributed by atoms with Gasteiger partial charge in [-0.3, -0.25) is 0 Å². The van der Waals surface area contributed by atoms with Gasteiger partial charge in [-0.05, 0) is 37.0 Å². The smallest absolute Gasteiger partial charge is 0.227 e. The van der Waals surface area contributed by atoms with Crippen LogP contribution in [0.4, 0.5) is 17.6 Å².